The third kappa shape index (κ3) is 6.05. The van der Waals surface area contributed by atoms with Gasteiger partial charge in [-0.05, 0) is 12.8 Å². The maximum atomic E-state index is 11.1. The second kappa shape index (κ2) is 9.94. The Labute approximate surface area is 125 Å². The molecule has 1 rings (SSSR count). The van der Waals surface area contributed by atoms with Crippen molar-refractivity contribution in [2.24, 2.45) is 0 Å². The first-order valence-electron chi connectivity index (χ1n) is 7.60. The molecule has 1 aliphatic rings. The third-order valence-electron chi connectivity index (χ3n) is 3.35. The largest absolute Gasteiger partial charge is 0.476 e. The summed E-state index contributed by atoms with van der Waals surface area (Å²) in [5.41, 5.74) is 8.44. The van der Waals surface area contributed by atoms with Crippen LogP contribution >= 0.6 is 11.8 Å². The lowest BCUT2D eigenvalue weighted by Gasteiger charge is -2.17. The number of unbranched alkanes of at least 4 members (excludes halogenated alkanes) is 4. The van der Waals surface area contributed by atoms with Crippen LogP contribution in [-0.4, -0.2) is 16.3 Å². The first-order valence-corrected chi connectivity index (χ1v) is 8.48. The second-order valence-electron chi connectivity index (χ2n) is 5.12. The topological polar surface area (TPSA) is 73.4 Å². The van der Waals surface area contributed by atoms with Gasteiger partial charge in [-0.3, -0.25) is 10.9 Å². The van der Waals surface area contributed by atoms with E-state index in [4.69, 9.17) is 5.11 Å². The van der Waals surface area contributed by atoms with Crippen molar-refractivity contribution in [1.29, 1.82) is 0 Å². The summed E-state index contributed by atoms with van der Waals surface area (Å²) in [6.07, 6.45) is 9.68. The summed E-state index contributed by atoms with van der Waals surface area (Å²) in [6, 6.07) is 0. The number of hydrogen-bond donors (Lipinski definition) is 4. The highest BCUT2D eigenvalue weighted by molar-refractivity contribution is 8.03. The molecule has 0 aliphatic carbocycles. The van der Waals surface area contributed by atoms with Gasteiger partial charge in [-0.15, -0.1) is 17.3 Å². The fourth-order valence-electron chi connectivity index (χ4n) is 2.18. The van der Waals surface area contributed by atoms with Gasteiger partial charge in [0.05, 0.1) is 0 Å². The van der Waals surface area contributed by atoms with E-state index < -0.39 is 5.97 Å². The number of carboxylic acid groups (broad SMARTS) is 1. The van der Waals surface area contributed by atoms with Crippen LogP contribution in [0.5, 0.6) is 0 Å². The van der Waals surface area contributed by atoms with Crippen molar-refractivity contribution < 1.29 is 9.90 Å². The first kappa shape index (κ1) is 17.2. The molecule has 1 aliphatic heterocycles. The quantitative estimate of drug-likeness (QED) is 0.439. The van der Waals surface area contributed by atoms with E-state index in [-0.39, 0.29) is 5.70 Å². The fourth-order valence-corrected chi connectivity index (χ4v) is 3.45. The average molecular weight is 301 g/mol. The maximum Gasteiger partial charge on any atom is 0.356 e. The first-order chi connectivity index (χ1) is 9.69. The maximum absolute atomic E-state index is 11.1. The van der Waals surface area contributed by atoms with Gasteiger partial charge in [-0.1, -0.05) is 52.4 Å². The fraction of sp³-hybridized carbons (Fsp3) is 0.786. The molecule has 1 heterocycles. The van der Waals surface area contributed by atoms with Crippen LogP contribution in [-0.2, 0) is 4.79 Å². The summed E-state index contributed by atoms with van der Waals surface area (Å²) in [5, 5.41) is 10.3. The van der Waals surface area contributed by atoms with Gasteiger partial charge in [0.2, 0.25) is 0 Å². The number of hydrazine groups is 2. The Morgan fingerprint density at radius 2 is 1.70 bits per heavy atom. The van der Waals surface area contributed by atoms with Crippen LogP contribution in [0.2, 0.25) is 0 Å². The van der Waals surface area contributed by atoms with Gasteiger partial charge in [0.15, 0.2) is 5.70 Å². The van der Waals surface area contributed by atoms with Gasteiger partial charge in [0.25, 0.3) is 0 Å². The van der Waals surface area contributed by atoms with E-state index in [0.29, 0.717) is 10.3 Å². The number of nitrogens with one attached hydrogen (secondary N) is 3. The lowest BCUT2D eigenvalue weighted by molar-refractivity contribution is -0.133. The van der Waals surface area contributed by atoms with E-state index in [1.165, 1.54) is 38.5 Å². The Balaban J connectivity index is 2.53. The lowest BCUT2D eigenvalue weighted by atomic mass is 10.1. The zero-order valence-electron chi connectivity index (χ0n) is 12.5. The van der Waals surface area contributed by atoms with Crippen molar-refractivity contribution in [1.82, 2.24) is 16.4 Å². The number of rotatable bonds is 11. The van der Waals surface area contributed by atoms with Crippen molar-refractivity contribution in [2.75, 3.05) is 0 Å². The summed E-state index contributed by atoms with van der Waals surface area (Å²) >= 11 is 1.65. The Morgan fingerprint density at radius 3 is 2.20 bits per heavy atom. The number of hydrogen-bond acceptors (Lipinski definition) is 5. The van der Waals surface area contributed by atoms with Gasteiger partial charge in [-0.25, -0.2) is 4.79 Å². The summed E-state index contributed by atoms with van der Waals surface area (Å²) < 4.78 is 0. The van der Waals surface area contributed by atoms with Crippen molar-refractivity contribution in [3.8, 4) is 0 Å². The van der Waals surface area contributed by atoms with Crippen molar-refractivity contribution in [3.05, 3.63) is 10.7 Å². The molecule has 0 saturated carbocycles. The minimum Gasteiger partial charge on any atom is -0.476 e. The highest BCUT2D eigenvalue weighted by Crippen LogP contribution is 2.30. The molecule has 0 bridgehead atoms. The molecule has 6 heteroatoms. The van der Waals surface area contributed by atoms with Crippen LogP contribution in [0.25, 0.3) is 0 Å². The molecule has 20 heavy (non-hydrogen) atoms. The van der Waals surface area contributed by atoms with Crippen LogP contribution in [0.1, 0.15) is 65.2 Å². The number of carbonyl (C=O) groups is 1. The molecular formula is C14H27N3O2S. The van der Waals surface area contributed by atoms with Gasteiger partial charge in [-0.2, -0.15) is 0 Å². The van der Waals surface area contributed by atoms with Gasteiger partial charge < -0.3 is 5.11 Å². The molecular weight excluding hydrogens is 274 g/mol. The molecule has 0 aromatic rings. The monoisotopic (exact) mass is 301 g/mol. The lowest BCUT2D eigenvalue weighted by Crippen LogP contribution is -2.33. The molecule has 5 nitrogen and oxygen atoms in total. The SMILES string of the molecule is CCCCCC(CCCCC)SC1=C(C(=O)O)NNN1. The van der Waals surface area contributed by atoms with Gasteiger partial charge in [0, 0.05) is 5.25 Å². The number of aliphatic carboxylic acids is 1. The molecule has 0 spiro atoms. The minimum atomic E-state index is -0.925. The summed E-state index contributed by atoms with van der Waals surface area (Å²) in [6.45, 7) is 4.41. The molecule has 0 amide bonds. The standard InChI is InChI=1S/C14H27N3O2S/c1-3-5-7-9-11(10-8-6-4-2)20-13-12(14(18)19)15-17-16-13/h11,15-17H,3-10H2,1-2H3,(H,18,19). The van der Waals surface area contributed by atoms with Crippen LogP contribution in [0.4, 0.5) is 0 Å². The van der Waals surface area contributed by atoms with Gasteiger partial charge in [0.1, 0.15) is 5.03 Å². The van der Waals surface area contributed by atoms with E-state index in [1.54, 1.807) is 11.8 Å². The molecule has 0 unspecified atom stereocenters. The van der Waals surface area contributed by atoms with E-state index in [0.717, 1.165) is 12.8 Å². The normalized spacial score (nSPS) is 14.6. The molecule has 0 saturated heterocycles. The van der Waals surface area contributed by atoms with Crippen LogP contribution in [0.3, 0.4) is 0 Å². The number of carboxylic acids is 1. The smallest absolute Gasteiger partial charge is 0.356 e. The van der Waals surface area contributed by atoms with E-state index in [2.05, 4.69) is 30.2 Å². The summed E-state index contributed by atoms with van der Waals surface area (Å²) in [5.74, 6) is -0.925. The highest BCUT2D eigenvalue weighted by atomic mass is 32.2. The average Bonchev–Trinajstić information content (AvgIpc) is 2.87. The molecule has 4 N–H and O–H groups in total. The van der Waals surface area contributed by atoms with E-state index in [1.807, 2.05) is 0 Å². The molecule has 116 valence electrons. The number of thioether (sulfide) groups is 1. The summed E-state index contributed by atoms with van der Waals surface area (Å²) in [7, 11) is 0. The van der Waals surface area contributed by atoms with Crippen LogP contribution in [0, 0.1) is 0 Å². The Bertz CT molecular complexity index is 324. The van der Waals surface area contributed by atoms with Crippen LogP contribution in [0.15, 0.2) is 10.7 Å². The predicted molar refractivity (Wildman–Crippen MR) is 83.7 cm³/mol. The molecule has 0 radical (unpaired) electrons. The van der Waals surface area contributed by atoms with Crippen LogP contribution < -0.4 is 16.4 Å². The van der Waals surface area contributed by atoms with Gasteiger partial charge >= 0.3 is 5.97 Å². The zero-order chi connectivity index (χ0) is 14.8. The van der Waals surface area contributed by atoms with E-state index >= 15 is 0 Å². The Hall–Kier alpha value is -0.880. The molecule has 0 fully saturated rings. The van der Waals surface area contributed by atoms with Crippen molar-refractivity contribution >= 4 is 17.7 Å². The minimum absolute atomic E-state index is 0.228. The van der Waals surface area contributed by atoms with Crippen molar-refractivity contribution in [2.45, 2.75) is 70.5 Å². The molecule has 0 aromatic carbocycles. The third-order valence-corrected chi connectivity index (χ3v) is 4.69. The molecule has 0 atom stereocenters. The highest BCUT2D eigenvalue weighted by Gasteiger charge is 2.23. The Morgan fingerprint density at radius 1 is 1.10 bits per heavy atom. The van der Waals surface area contributed by atoms with E-state index in [9.17, 15) is 4.79 Å². The zero-order valence-corrected chi connectivity index (χ0v) is 13.3. The second-order valence-corrected chi connectivity index (χ2v) is 6.43. The predicted octanol–water partition coefficient (Wildman–Crippen LogP) is 3.11. The molecule has 0 aromatic heterocycles. The summed E-state index contributed by atoms with van der Waals surface area (Å²) in [4.78, 5) is 11.1. The van der Waals surface area contributed by atoms with Crippen molar-refractivity contribution in [3.63, 3.8) is 0 Å². The Kier molecular flexibility index (Phi) is 8.53.